The molecule has 0 aliphatic carbocycles. The van der Waals surface area contributed by atoms with Gasteiger partial charge in [-0.25, -0.2) is 4.39 Å². The van der Waals surface area contributed by atoms with Gasteiger partial charge in [-0.3, -0.25) is 4.98 Å². The molecule has 0 aliphatic heterocycles. The van der Waals surface area contributed by atoms with Gasteiger partial charge in [0.2, 0.25) is 0 Å². The maximum Gasteiger partial charge on any atom is 0.417 e. The number of aromatic nitrogens is 1. The molecule has 1 aromatic heterocycles. The minimum absolute atomic E-state index is 0.340. The highest BCUT2D eigenvalue weighted by atomic mass is 19.4. The summed E-state index contributed by atoms with van der Waals surface area (Å²) < 4.78 is 47.3. The zero-order valence-corrected chi connectivity index (χ0v) is 5.11. The van der Waals surface area contributed by atoms with Crippen LogP contribution in [0.4, 0.5) is 17.6 Å². The van der Waals surface area contributed by atoms with Crippen LogP contribution in [0.5, 0.6) is 0 Å². The standard InChI is InChI=1S/C6H2F4N/c7-5-1-4(2-11-3-5)6(8,9)10/h1-2H. The van der Waals surface area contributed by atoms with Crippen molar-refractivity contribution in [3.05, 3.63) is 29.8 Å². The Morgan fingerprint density at radius 2 is 2.00 bits per heavy atom. The molecule has 0 N–H and O–H groups in total. The van der Waals surface area contributed by atoms with Crippen molar-refractivity contribution >= 4 is 0 Å². The number of alkyl halides is 3. The van der Waals surface area contributed by atoms with Crippen molar-refractivity contribution < 1.29 is 17.6 Å². The van der Waals surface area contributed by atoms with Gasteiger partial charge in [0.1, 0.15) is 6.20 Å². The molecule has 1 heterocycles. The van der Waals surface area contributed by atoms with Gasteiger partial charge in [-0.1, -0.05) is 0 Å². The number of pyridine rings is 1. The third-order valence-electron chi connectivity index (χ3n) is 0.985. The fourth-order valence-electron chi connectivity index (χ4n) is 0.525. The van der Waals surface area contributed by atoms with Crippen LogP contribution >= 0.6 is 0 Å². The first-order valence-electron chi connectivity index (χ1n) is 2.60. The van der Waals surface area contributed by atoms with E-state index in [2.05, 4.69) is 4.98 Å². The van der Waals surface area contributed by atoms with Crippen LogP contribution in [-0.2, 0) is 6.18 Å². The monoisotopic (exact) mass is 164 g/mol. The maximum absolute atomic E-state index is 12.1. The van der Waals surface area contributed by atoms with Gasteiger partial charge in [-0.2, -0.15) is 13.2 Å². The molecule has 1 radical (unpaired) electrons. The molecule has 11 heavy (non-hydrogen) atoms. The summed E-state index contributed by atoms with van der Waals surface area (Å²) in [6.45, 7) is 0. The molecule has 0 spiro atoms. The average molecular weight is 164 g/mol. The van der Waals surface area contributed by atoms with Crippen LogP contribution in [0.2, 0.25) is 0 Å². The molecule has 0 bridgehead atoms. The van der Waals surface area contributed by atoms with Crippen molar-refractivity contribution in [3.8, 4) is 0 Å². The van der Waals surface area contributed by atoms with E-state index in [1.807, 2.05) is 0 Å². The Hall–Kier alpha value is -1.13. The highest BCUT2D eigenvalue weighted by molar-refractivity contribution is 5.12. The van der Waals surface area contributed by atoms with E-state index in [4.69, 9.17) is 0 Å². The smallest absolute Gasteiger partial charge is 0.251 e. The summed E-state index contributed by atoms with van der Waals surface area (Å²) in [6, 6.07) is 0.340. The number of halogens is 4. The predicted octanol–water partition coefficient (Wildman–Crippen LogP) is 2.04. The van der Waals surface area contributed by atoms with Crippen molar-refractivity contribution in [1.29, 1.82) is 0 Å². The average Bonchev–Trinajstić information content (AvgIpc) is 1.86. The molecule has 0 fully saturated rings. The fraction of sp³-hybridized carbons (Fsp3) is 0.167. The topological polar surface area (TPSA) is 12.9 Å². The van der Waals surface area contributed by atoms with Crippen molar-refractivity contribution in [2.75, 3.05) is 0 Å². The molecule has 0 atom stereocenters. The van der Waals surface area contributed by atoms with Crippen LogP contribution in [0, 0.1) is 12.0 Å². The Balaban J connectivity index is 3.06. The summed E-state index contributed by atoms with van der Waals surface area (Å²) >= 11 is 0. The lowest BCUT2D eigenvalue weighted by Gasteiger charge is -2.03. The maximum atomic E-state index is 12.1. The third kappa shape index (κ3) is 1.89. The lowest BCUT2D eigenvalue weighted by atomic mass is 10.3. The van der Waals surface area contributed by atoms with Crippen LogP contribution in [0.15, 0.2) is 12.3 Å². The molecule has 0 amide bonds. The van der Waals surface area contributed by atoms with Crippen LogP contribution in [0.3, 0.4) is 0 Å². The second kappa shape index (κ2) is 2.48. The normalized spacial score (nSPS) is 11.6. The van der Waals surface area contributed by atoms with Crippen molar-refractivity contribution in [1.82, 2.24) is 4.98 Å². The van der Waals surface area contributed by atoms with Crippen LogP contribution in [0.1, 0.15) is 5.56 Å². The Morgan fingerprint density at radius 1 is 1.36 bits per heavy atom. The molecule has 59 valence electrons. The zero-order chi connectivity index (χ0) is 8.48. The molecule has 0 unspecified atom stereocenters. The summed E-state index contributed by atoms with van der Waals surface area (Å²) in [6.07, 6.45) is -2.29. The summed E-state index contributed by atoms with van der Waals surface area (Å²) in [5.41, 5.74) is -1.10. The largest absolute Gasteiger partial charge is 0.417 e. The zero-order valence-electron chi connectivity index (χ0n) is 5.11. The van der Waals surface area contributed by atoms with Gasteiger partial charge in [0, 0.05) is 6.20 Å². The first kappa shape index (κ1) is 7.97. The van der Waals surface area contributed by atoms with Gasteiger partial charge in [0.05, 0.1) is 5.56 Å². The Morgan fingerprint density at radius 3 is 2.36 bits per heavy atom. The van der Waals surface area contributed by atoms with Crippen LogP contribution in [-0.4, -0.2) is 4.98 Å². The van der Waals surface area contributed by atoms with E-state index in [9.17, 15) is 17.6 Å². The van der Waals surface area contributed by atoms with E-state index in [1.165, 1.54) is 0 Å². The molecule has 0 saturated carbocycles. The Kier molecular flexibility index (Phi) is 1.80. The second-order valence-electron chi connectivity index (χ2n) is 1.82. The molecule has 0 aliphatic rings. The Labute approximate surface area is 59.7 Å². The van der Waals surface area contributed by atoms with Gasteiger partial charge in [-0.15, -0.1) is 0 Å². The highest BCUT2D eigenvalue weighted by Crippen LogP contribution is 2.28. The van der Waals surface area contributed by atoms with Crippen molar-refractivity contribution in [2.45, 2.75) is 6.18 Å². The summed E-state index contributed by atoms with van der Waals surface area (Å²) in [4.78, 5) is 2.93. The minimum Gasteiger partial charge on any atom is -0.251 e. The molecule has 0 saturated heterocycles. The quantitative estimate of drug-likeness (QED) is 0.534. The molecule has 1 aromatic rings. The van der Waals surface area contributed by atoms with Gasteiger partial charge in [0.15, 0.2) is 5.82 Å². The molecule has 1 nitrogen and oxygen atoms in total. The lowest BCUT2D eigenvalue weighted by Crippen LogP contribution is -2.05. The third-order valence-corrected chi connectivity index (χ3v) is 0.985. The van der Waals surface area contributed by atoms with E-state index in [0.29, 0.717) is 12.3 Å². The summed E-state index contributed by atoms with van der Waals surface area (Å²) in [7, 11) is 0. The number of hydrogen-bond acceptors (Lipinski definition) is 1. The van der Waals surface area contributed by atoms with Crippen LogP contribution < -0.4 is 0 Å². The first-order chi connectivity index (χ1) is 5.00. The predicted molar refractivity (Wildman–Crippen MR) is 28.0 cm³/mol. The van der Waals surface area contributed by atoms with Crippen molar-refractivity contribution in [3.63, 3.8) is 0 Å². The minimum atomic E-state index is -4.54. The fourth-order valence-corrected chi connectivity index (χ4v) is 0.525. The van der Waals surface area contributed by atoms with Crippen LogP contribution in [0.25, 0.3) is 0 Å². The van der Waals surface area contributed by atoms with Crippen molar-refractivity contribution in [2.24, 2.45) is 0 Å². The van der Waals surface area contributed by atoms with E-state index in [1.54, 1.807) is 6.20 Å². The highest BCUT2D eigenvalue weighted by Gasteiger charge is 2.31. The second-order valence-corrected chi connectivity index (χ2v) is 1.82. The number of nitrogens with zero attached hydrogens (tertiary/aromatic N) is 1. The molecular formula is C6H2F4N. The van der Waals surface area contributed by atoms with E-state index < -0.39 is 17.6 Å². The Bertz CT molecular complexity index is 255. The van der Waals surface area contributed by atoms with E-state index >= 15 is 0 Å². The van der Waals surface area contributed by atoms with Gasteiger partial charge < -0.3 is 0 Å². The summed E-state index contributed by atoms with van der Waals surface area (Å²) in [5, 5.41) is 0. The molecule has 1 rings (SSSR count). The molecular weight excluding hydrogens is 162 g/mol. The SMILES string of the molecule is Fc1[c]ncc(C(F)(F)F)c1. The van der Waals surface area contributed by atoms with Gasteiger partial charge >= 0.3 is 6.18 Å². The number of hydrogen-bond donors (Lipinski definition) is 0. The van der Waals surface area contributed by atoms with Gasteiger partial charge in [0.25, 0.3) is 0 Å². The van der Waals surface area contributed by atoms with E-state index in [0.717, 1.165) is 0 Å². The lowest BCUT2D eigenvalue weighted by molar-refractivity contribution is -0.138. The number of rotatable bonds is 0. The van der Waals surface area contributed by atoms with Gasteiger partial charge in [-0.05, 0) is 6.07 Å². The summed E-state index contributed by atoms with van der Waals surface area (Å²) in [5.74, 6) is -1.11. The van der Waals surface area contributed by atoms with E-state index in [-0.39, 0.29) is 0 Å². The first-order valence-corrected chi connectivity index (χ1v) is 2.60. The molecule has 0 aromatic carbocycles. The molecule has 5 heteroatoms.